The highest BCUT2D eigenvalue weighted by Crippen LogP contribution is 2.22. The maximum absolute atomic E-state index is 12.7. The summed E-state index contributed by atoms with van der Waals surface area (Å²) in [5.74, 6) is 0.759. The fraction of sp³-hybridized carbons (Fsp3) is 0.389. The highest BCUT2D eigenvalue weighted by atomic mass is 16.6. The van der Waals surface area contributed by atoms with E-state index in [-0.39, 0.29) is 12.0 Å². The van der Waals surface area contributed by atoms with Gasteiger partial charge in [0.05, 0.1) is 6.61 Å². The molecule has 1 aliphatic rings. The van der Waals surface area contributed by atoms with Crippen LogP contribution in [-0.2, 0) is 4.74 Å². The Labute approximate surface area is 146 Å². The number of benzene rings is 1. The minimum absolute atomic E-state index is 0.174. The first kappa shape index (κ1) is 17.0. The first-order valence-electron chi connectivity index (χ1n) is 8.34. The monoisotopic (exact) mass is 343 g/mol. The van der Waals surface area contributed by atoms with Crippen molar-refractivity contribution in [2.45, 2.75) is 13.8 Å². The van der Waals surface area contributed by atoms with Gasteiger partial charge in [-0.3, -0.25) is 4.79 Å². The van der Waals surface area contributed by atoms with Crippen molar-refractivity contribution in [3.8, 4) is 11.5 Å². The average Bonchev–Trinajstić information content (AvgIpc) is 3.04. The number of carbonyl (C=O) groups is 2. The van der Waals surface area contributed by atoms with Gasteiger partial charge in [0, 0.05) is 31.7 Å². The first-order valence-corrected chi connectivity index (χ1v) is 8.34. The Hall–Kier alpha value is -2.83. The Morgan fingerprint density at radius 2 is 1.76 bits per heavy atom. The van der Waals surface area contributed by atoms with Crippen molar-refractivity contribution in [2.24, 2.45) is 0 Å². The highest BCUT2D eigenvalue weighted by Gasteiger charge is 2.28. The summed E-state index contributed by atoms with van der Waals surface area (Å²) in [5, 5.41) is 0. The molecule has 1 aliphatic heterocycles. The highest BCUT2D eigenvalue weighted by molar-refractivity contribution is 5.94. The molecule has 2 aromatic rings. The Balaban J connectivity index is 1.68. The van der Waals surface area contributed by atoms with Gasteiger partial charge in [0.1, 0.15) is 5.76 Å². The standard InChI is InChI=1S/C18H21N3O4/c1-3-24-18(23)21-11-9-20(10-12-21)17(22)15-13(2)25-16(19-15)14-7-5-4-6-8-14/h4-8H,3,9-12H2,1-2H3. The quantitative estimate of drug-likeness (QED) is 0.856. The van der Waals surface area contributed by atoms with E-state index in [4.69, 9.17) is 9.15 Å². The fourth-order valence-corrected chi connectivity index (χ4v) is 2.76. The minimum Gasteiger partial charge on any atom is -0.450 e. The number of piperazine rings is 1. The molecule has 0 atom stereocenters. The number of rotatable bonds is 3. The van der Waals surface area contributed by atoms with Crippen LogP contribution in [0.15, 0.2) is 34.7 Å². The van der Waals surface area contributed by atoms with E-state index in [1.54, 1.807) is 23.6 Å². The Kier molecular flexibility index (Phi) is 5.02. The van der Waals surface area contributed by atoms with Crippen LogP contribution in [-0.4, -0.2) is 59.6 Å². The third kappa shape index (κ3) is 3.65. The summed E-state index contributed by atoms with van der Waals surface area (Å²) < 4.78 is 10.7. The van der Waals surface area contributed by atoms with Crippen LogP contribution < -0.4 is 0 Å². The van der Waals surface area contributed by atoms with Gasteiger partial charge >= 0.3 is 6.09 Å². The molecular weight excluding hydrogens is 322 g/mol. The minimum atomic E-state index is -0.335. The number of ether oxygens (including phenoxy) is 1. The number of carbonyl (C=O) groups excluding carboxylic acids is 2. The zero-order chi connectivity index (χ0) is 17.8. The van der Waals surface area contributed by atoms with Crippen LogP contribution in [0.2, 0.25) is 0 Å². The van der Waals surface area contributed by atoms with Crippen molar-refractivity contribution in [2.75, 3.05) is 32.8 Å². The molecule has 7 heteroatoms. The number of oxazole rings is 1. The van der Waals surface area contributed by atoms with E-state index < -0.39 is 0 Å². The van der Waals surface area contributed by atoms with Gasteiger partial charge in [-0.25, -0.2) is 9.78 Å². The summed E-state index contributed by atoms with van der Waals surface area (Å²) in [6, 6.07) is 9.47. The van der Waals surface area contributed by atoms with Crippen LogP contribution in [0.3, 0.4) is 0 Å². The second-order valence-electron chi connectivity index (χ2n) is 5.77. The lowest BCUT2D eigenvalue weighted by atomic mass is 10.2. The molecule has 7 nitrogen and oxygen atoms in total. The Morgan fingerprint density at radius 1 is 1.12 bits per heavy atom. The van der Waals surface area contributed by atoms with E-state index >= 15 is 0 Å². The predicted octanol–water partition coefficient (Wildman–Crippen LogP) is 2.56. The van der Waals surface area contributed by atoms with Crippen molar-refractivity contribution in [1.82, 2.24) is 14.8 Å². The molecule has 132 valence electrons. The van der Waals surface area contributed by atoms with Crippen LogP contribution in [0.25, 0.3) is 11.5 Å². The van der Waals surface area contributed by atoms with E-state index in [1.807, 2.05) is 30.3 Å². The van der Waals surface area contributed by atoms with Crippen molar-refractivity contribution in [1.29, 1.82) is 0 Å². The molecule has 0 aliphatic carbocycles. The average molecular weight is 343 g/mol. The van der Waals surface area contributed by atoms with E-state index in [1.165, 1.54) is 0 Å². The molecule has 0 spiro atoms. The molecule has 3 rings (SSSR count). The predicted molar refractivity (Wildman–Crippen MR) is 91.2 cm³/mol. The summed E-state index contributed by atoms with van der Waals surface area (Å²) in [6.07, 6.45) is -0.335. The molecule has 2 amide bonds. The van der Waals surface area contributed by atoms with Gasteiger partial charge in [-0.05, 0) is 26.0 Å². The number of nitrogens with zero attached hydrogens (tertiary/aromatic N) is 3. The van der Waals surface area contributed by atoms with E-state index in [0.29, 0.717) is 50.1 Å². The molecule has 0 N–H and O–H groups in total. The van der Waals surface area contributed by atoms with Crippen LogP contribution >= 0.6 is 0 Å². The zero-order valence-corrected chi connectivity index (χ0v) is 14.4. The first-order chi connectivity index (χ1) is 12.1. The maximum Gasteiger partial charge on any atom is 0.409 e. The molecule has 0 radical (unpaired) electrons. The number of aromatic nitrogens is 1. The van der Waals surface area contributed by atoms with Crippen molar-refractivity contribution < 1.29 is 18.7 Å². The summed E-state index contributed by atoms with van der Waals surface area (Å²) >= 11 is 0. The summed E-state index contributed by atoms with van der Waals surface area (Å²) in [4.78, 5) is 32.1. The zero-order valence-electron chi connectivity index (χ0n) is 14.4. The topological polar surface area (TPSA) is 75.9 Å². The third-order valence-corrected chi connectivity index (χ3v) is 4.11. The van der Waals surface area contributed by atoms with Crippen molar-refractivity contribution in [3.63, 3.8) is 0 Å². The smallest absolute Gasteiger partial charge is 0.409 e. The molecular formula is C18H21N3O4. The molecule has 25 heavy (non-hydrogen) atoms. The molecule has 1 saturated heterocycles. The maximum atomic E-state index is 12.7. The van der Waals surface area contributed by atoms with Gasteiger partial charge in [-0.1, -0.05) is 18.2 Å². The van der Waals surface area contributed by atoms with Gasteiger partial charge in [-0.15, -0.1) is 0 Å². The molecule has 1 aromatic heterocycles. The van der Waals surface area contributed by atoms with Crippen LogP contribution in [0.4, 0.5) is 4.79 Å². The van der Waals surface area contributed by atoms with Crippen molar-refractivity contribution >= 4 is 12.0 Å². The number of amides is 2. The second-order valence-corrected chi connectivity index (χ2v) is 5.77. The molecule has 0 saturated carbocycles. The van der Waals surface area contributed by atoms with Gasteiger partial charge in [-0.2, -0.15) is 0 Å². The number of aryl methyl sites for hydroxylation is 1. The van der Waals surface area contributed by atoms with E-state index in [0.717, 1.165) is 5.56 Å². The Morgan fingerprint density at radius 3 is 2.40 bits per heavy atom. The van der Waals surface area contributed by atoms with Crippen LogP contribution in [0.5, 0.6) is 0 Å². The molecule has 0 bridgehead atoms. The van der Waals surface area contributed by atoms with Gasteiger partial charge in [0.2, 0.25) is 5.89 Å². The van der Waals surface area contributed by atoms with Gasteiger partial charge < -0.3 is 19.0 Å². The summed E-state index contributed by atoms with van der Waals surface area (Å²) in [7, 11) is 0. The Bertz CT molecular complexity index is 749. The SMILES string of the molecule is CCOC(=O)N1CCN(C(=O)c2nc(-c3ccccc3)oc2C)CC1. The lowest BCUT2D eigenvalue weighted by Crippen LogP contribution is -2.50. The molecule has 1 aromatic carbocycles. The van der Waals surface area contributed by atoms with Crippen LogP contribution in [0.1, 0.15) is 23.2 Å². The summed E-state index contributed by atoms with van der Waals surface area (Å²) in [5.41, 5.74) is 1.15. The summed E-state index contributed by atoms with van der Waals surface area (Å²) in [6.45, 7) is 5.66. The van der Waals surface area contributed by atoms with Gasteiger partial charge in [0.25, 0.3) is 5.91 Å². The lowest BCUT2D eigenvalue weighted by molar-refractivity contribution is 0.0565. The van der Waals surface area contributed by atoms with Crippen LogP contribution in [0, 0.1) is 6.92 Å². The fourth-order valence-electron chi connectivity index (χ4n) is 2.76. The molecule has 0 unspecified atom stereocenters. The lowest BCUT2D eigenvalue weighted by Gasteiger charge is -2.33. The molecule has 2 heterocycles. The van der Waals surface area contributed by atoms with Gasteiger partial charge in [0.15, 0.2) is 5.69 Å². The largest absolute Gasteiger partial charge is 0.450 e. The second kappa shape index (κ2) is 7.38. The third-order valence-electron chi connectivity index (χ3n) is 4.11. The number of hydrogen-bond donors (Lipinski definition) is 0. The van der Waals surface area contributed by atoms with E-state index in [9.17, 15) is 9.59 Å². The normalized spacial score (nSPS) is 14.5. The molecule has 1 fully saturated rings. The van der Waals surface area contributed by atoms with E-state index in [2.05, 4.69) is 4.98 Å². The van der Waals surface area contributed by atoms with Crippen molar-refractivity contribution in [3.05, 3.63) is 41.8 Å². The number of hydrogen-bond acceptors (Lipinski definition) is 5.